The molecule has 0 radical (unpaired) electrons. The maximum atomic E-state index is 6.14. The molecule has 0 aliphatic heterocycles. The zero-order valence-electron chi connectivity index (χ0n) is 12.5. The van der Waals surface area contributed by atoms with E-state index < -0.39 is 8.80 Å². The first-order valence-electron chi connectivity index (χ1n) is 6.90. The number of hydrogen-bond donors (Lipinski definition) is 0. The van der Waals surface area contributed by atoms with Gasteiger partial charge in [0, 0.05) is 27.9 Å². The van der Waals surface area contributed by atoms with E-state index >= 15 is 0 Å². The molecule has 1 fully saturated rings. The molecule has 1 unspecified atom stereocenters. The van der Waals surface area contributed by atoms with E-state index in [1.807, 2.05) is 0 Å². The third-order valence-corrected chi connectivity index (χ3v) is 7.60. The Bertz CT molecular complexity index is 223. The molecule has 5 heteroatoms. The van der Waals surface area contributed by atoms with Crippen molar-refractivity contribution < 1.29 is 18.0 Å². The van der Waals surface area contributed by atoms with Crippen LogP contribution in [0.15, 0.2) is 0 Å². The van der Waals surface area contributed by atoms with E-state index in [-0.39, 0.29) is 11.1 Å². The second-order valence-electron chi connectivity index (χ2n) is 5.00. The van der Waals surface area contributed by atoms with Gasteiger partial charge >= 0.3 is 8.80 Å². The third-order valence-electron chi connectivity index (χ3n) is 4.30. The summed E-state index contributed by atoms with van der Waals surface area (Å²) in [6, 6.07) is 0. The Kier molecular flexibility index (Phi) is 6.27. The Morgan fingerprint density at radius 2 is 1.50 bits per heavy atom. The van der Waals surface area contributed by atoms with Gasteiger partial charge in [0.2, 0.25) is 0 Å². The van der Waals surface area contributed by atoms with Crippen LogP contribution in [-0.4, -0.2) is 42.3 Å². The predicted octanol–water partition coefficient (Wildman–Crippen LogP) is 2.99. The van der Waals surface area contributed by atoms with E-state index in [0.29, 0.717) is 0 Å². The summed E-state index contributed by atoms with van der Waals surface area (Å²) in [5.41, 5.74) is 0.0200. The lowest BCUT2D eigenvalue weighted by Crippen LogP contribution is -2.56. The monoisotopic (exact) mass is 276 g/mol. The van der Waals surface area contributed by atoms with E-state index in [0.717, 1.165) is 19.4 Å². The molecule has 0 aromatic carbocycles. The van der Waals surface area contributed by atoms with Crippen LogP contribution in [0.2, 0.25) is 5.54 Å². The molecule has 1 atom stereocenters. The van der Waals surface area contributed by atoms with Crippen LogP contribution in [0.1, 0.15) is 46.0 Å². The molecule has 0 spiro atoms. The second kappa shape index (κ2) is 7.00. The molecule has 0 amide bonds. The van der Waals surface area contributed by atoms with Gasteiger partial charge in [-0.3, -0.25) is 0 Å². The van der Waals surface area contributed by atoms with E-state index in [1.54, 1.807) is 21.3 Å². The van der Waals surface area contributed by atoms with Crippen LogP contribution in [0.25, 0.3) is 0 Å². The molecular weight excluding hydrogens is 248 g/mol. The quantitative estimate of drug-likeness (QED) is 0.670. The first-order valence-corrected chi connectivity index (χ1v) is 8.70. The topological polar surface area (TPSA) is 36.9 Å². The molecular formula is C13H28O4Si. The van der Waals surface area contributed by atoms with Gasteiger partial charge in [0.1, 0.15) is 0 Å². The molecule has 0 bridgehead atoms. The fourth-order valence-electron chi connectivity index (χ4n) is 3.24. The highest BCUT2D eigenvalue weighted by Crippen LogP contribution is 2.45. The van der Waals surface area contributed by atoms with Gasteiger partial charge in [-0.1, -0.05) is 26.2 Å². The second-order valence-corrected chi connectivity index (χ2v) is 8.29. The summed E-state index contributed by atoms with van der Waals surface area (Å²) >= 11 is 0. The van der Waals surface area contributed by atoms with Crippen molar-refractivity contribution in [3.63, 3.8) is 0 Å². The number of rotatable bonds is 7. The minimum Gasteiger partial charge on any atom is -0.377 e. The van der Waals surface area contributed by atoms with Gasteiger partial charge in [0.25, 0.3) is 0 Å². The van der Waals surface area contributed by atoms with Crippen LogP contribution in [0.3, 0.4) is 0 Å². The average molecular weight is 276 g/mol. The lowest BCUT2D eigenvalue weighted by molar-refractivity contribution is -0.0826. The molecule has 18 heavy (non-hydrogen) atoms. The summed E-state index contributed by atoms with van der Waals surface area (Å²) in [5.74, 6) is 0. The summed E-state index contributed by atoms with van der Waals surface area (Å²) in [7, 11) is 2.39. The summed E-state index contributed by atoms with van der Waals surface area (Å²) in [5, 5.41) is 0. The zero-order chi connectivity index (χ0) is 13.6. The highest BCUT2D eigenvalue weighted by molar-refractivity contribution is 6.62. The Morgan fingerprint density at radius 3 is 1.89 bits per heavy atom. The summed E-state index contributed by atoms with van der Waals surface area (Å²) in [6.07, 6.45) is 5.88. The van der Waals surface area contributed by atoms with Crippen LogP contribution < -0.4 is 0 Å². The van der Waals surface area contributed by atoms with E-state index in [9.17, 15) is 0 Å². The molecule has 1 aliphatic rings. The summed E-state index contributed by atoms with van der Waals surface area (Å²) in [6.45, 7) is 4.94. The first-order chi connectivity index (χ1) is 8.60. The van der Waals surface area contributed by atoms with E-state index in [4.69, 9.17) is 18.0 Å². The van der Waals surface area contributed by atoms with E-state index in [2.05, 4.69) is 13.8 Å². The minimum absolute atomic E-state index is 0.138. The average Bonchev–Trinajstić information content (AvgIpc) is 2.42. The molecule has 0 aromatic heterocycles. The molecule has 1 rings (SSSR count). The molecule has 0 saturated heterocycles. The van der Waals surface area contributed by atoms with Crippen LogP contribution in [0.4, 0.5) is 0 Å². The third kappa shape index (κ3) is 2.96. The number of ether oxygens (including phenoxy) is 1. The lowest BCUT2D eigenvalue weighted by atomic mass is 9.82. The fraction of sp³-hybridized carbons (Fsp3) is 1.00. The normalized spacial score (nSPS) is 21.8. The molecule has 0 N–H and O–H groups in total. The molecule has 1 aliphatic carbocycles. The Balaban J connectivity index is 2.96. The van der Waals surface area contributed by atoms with Crippen molar-refractivity contribution in [2.45, 2.75) is 57.1 Å². The molecule has 1 saturated carbocycles. The summed E-state index contributed by atoms with van der Waals surface area (Å²) < 4.78 is 23.0. The SMILES string of the molecule is CCOC1(C(C)[Si](OC)(OC)OC)CCCCC1. The Labute approximate surface area is 112 Å². The molecule has 4 nitrogen and oxygen atoms in total. The van der Waals surface area contributed by atoms with Crippen molar-refractivity contribution in [1.82, 2.24) is 0 Å². The van der Waals surface area contributed by atoms with Crippen LogP contribution in [0, 0.1) is 0 Å². The van der Waals surface area contributed by atoms with Crippen molar-refractivity contribution in [2.24, 2.45) is 0 Å². The van der Waals surface area contributed by atoms with E-state index in [1.165, 1.54) is 19.3 Å². The lowest BCUT2D eigenvalue weighted by Gasteiger charge is -2.46. The molecule has 0 aromatic rings. The van der Waals surface area contributed by atoms with Gasteiger partial charge in [-0.15, -0.1) is 0 Å². The van der Waals surface area contributed by atoms with Crippen molar-refractivity contribution in [3.8, 4) is 0 Å². The summed E-state index contributed by atoms with van der Waals surface area (Å²) in [4.78, 5) is 0. The van der Waals surface area contributed by atoms with Gasteiger partial charge in [-0.25, -0.2) is 0 Å². The standard InChI is InChI=1S/C13H28O4Si/c1-6-17-13(10-8-7-9-11-13)12(2)18(14-3,15-4)16-5/h12H,6-11H2,1-5H3. The van der Waals surface area contributed by atoms with Crippen molar-refractivity contribution in [3.05, 3.63) is 0 Å². The van der Waals surface area contributed by atoms with Crippen molar-refractivity contribution in [1.29, 1.82) is 0 Å². The Morgan fingerprint density at radius 1 is 1.00 bits per heavy atom. The first kappa shape index (κ1) is 16.1. The van der Waals surface area contributed by atoms with Gasteiger partial charge in [0.05, 0.1) is 11.1 Å². The smallest absolute Gasteiger partial charge is 0.377 e. The van der Waals surface area contributed by atoms with Crippen LogP contribution in [0.5, 0.6) is 0 Å². The maximum absolute atomic E-state index is 6.14. The minimum atomic E-state index is -2.64. The highest BCUT2D eigenvalue weighted by atomic mass is 28.4. The predicted molar refractivity (Wildman–Crippen MR) is 73.6 cm³/mol. The van der Waals surface area contributed by atoms with Crippen molar-refractivity contribution >= 4 is 8.80 Å². The van der Waals surface area contributed by atoms with Gasteiger partial charge < -0.3 is 18.0 Å². The Hall–Kier alpha value is 0.0569. The number of hydrogen-bond acceptors (Lipinski definition) is 4. The van der Waals surface area contributed by atoms with Crippen molar-refractivity contribution in [2.75, 3.05) is 27.9 Å². The molecule has 0 heterocycles. The fourth-order valence-corrected chi connectivity index (χ4v) is 5.82. The van der Waals surface area contributed by atoms with Gasteiger partial charge in [0.15, 0.2) is 0 Å². The van der Waals surface area contributed by atoms with Gasteiger partial charge in [-0.2, -0.15) is 0 Å². The van der Waals surface area contributed by atoms with Crippen LogP contribution >= 0.6 is 0 Å². The zero-order valence-corrected chi connectivity index (χ0v) is 13.5. The highest BCUT2D eigenvalue weighted by Gasteiger charge is 2.55. The molecule has 108 valence electrons. The van der Waals surface area contributed by atoms with Crippen LogP contribution in [-0.2, 0) is 18.0 Å². The largest absolute Gasteiger partial charge is 0.506 e. The maximum Gasteiger partial charge on any atom is 0.506 e. The van der Waals surface area contributed by atoms with Gasteiger partial charge in [-0.05, 0) is 19.8 Å².